The van der Waals surface area contributed by atoms with E-state index < -0.39 is 0 Å². The van der Waals surface area contributed by atoms with Crippen molar-refractivity contribution in [1.82, 2.24) is 10.3 Å². The molecule has 0 aliphatic rings. The Kier molecular flexibility index (Phi) is 5.86. The largest absolute Gasteiger partial charge is 0.350 e. The molecular weight excluding hydrogens is 224 g/mol. The molecule has 0 radical (unpaired) electrons. The Morgan fingerprint density at radius 3 is 3.00 bits per heavy atom. The molecule has 0 saturated carbocycles. The molecule has 0 bridgehead atoms. The van der Waals surface area contributed by atoms with Crippen LogP contribution in [0.3, 0.4) is 0 Å². The average molecular weight is 241 g/mol. The normalized spacial score (nSPS) is 12.1. The second-order valence-electron chi connectivity index (χ2n) is 3.72. The van der Waals surface area contributed by atoms with Crippen LogP contribution < -0.4 is 5.32 Å². The molecule has 0 aliphatic heterocycles. The molecule has 4 heteroatoms. The first kappa shape index (κ1) is 13.0. The summed E-state index contributed by atoms with van der Waals surface area (Å²) >= 11 is 5.55. The maximum atomic E-state index is 11.5. The van der Waals surface area contributed by atoms with Crippen molar-refractivity contribution in [2.45, 2.75) is 32.2 Å². The summed E-state index contributed by atoms with van der Waals surface area (Å²) in [4.78, 5) is 15.5. The molecule has 1 N–H and O–H groups in total. The topological polar surface area (TPSA) is 42.0 Å². The summed E-state index contributed by atoms with van der Waals surface area (Å²) in [6.45, 7) is 1.95. The number of nitrogens with one attached hydrogen (secondary N) is 1. The smallest absolute Gasteiger partial charge is 0.220 e. The van der Waals surface area contributed by atoms with Crippen molar-refractivity contribution in [3.05, 3.63) is 30.1 Å². The third-order valence-corrected chi connectivity index (χ3v) is 2.62. The van der Waals surface area contributed by atoms with E-state index in [1.54, 1.807) is 12.4 Å². The van der Waals surface area contributed by atoms with Gasteiger partial charge in [0.15, 0.2) is 0 Å². The lowest BCUT2D eigenvalue weighted by Crippen LogP contribution is -2.26. The molecule has 1 aromatic heterocycles. The van der Waals surface area contributed by atoms with E-state index in [2.05, 4.69) is 10.3 Å². The van der Waals surface area contributed by atoms with Crippen molar-refractivity contribution >= 4 is 17.5 Å². The average Bonchev–Trinajstić information content (AvgIpc) is 2.30. The molecule has 0 saturated heterocycles. The molecule has 0 spiro atoms. The third kappa shape index (κ3) is 4.62. The van der Waals surface area contributed by atoms with Crippen molar-refractivity contribution in [2.24, 2.45) is 0 Å². The molecule has 0 unspecified atom stereocenters. The van der Waals surface area contributed by atoms with Gasteiger partial charge in [-0.2, -0.15) is 0 Å². The standard InChI is InChI=1S/C12H17ClN2O/c1-10(11-5-4-8-14-9-11)15-12(16)6-2-3-7-13/h4-5,8-10H,2-3,6-7H2,1H3,(H,15,16)/t10-/m1/s1. The molecule has 16 heavy (non-hydrogen) atoms. The van der Waals surface area contributed by atoms with Crippen LogP contribution in [0.5, 0.6) is 0 Å². The number of halogens is 1. The minimum Gasteiger partial charge on any atom is -0.350 e. The highest BCUT2D eigenvalue weighted by atomic mass is 35.5. The Hall–Kier alpha value is -1.09. The van der Waals surface area contributed by atoms with Gasteiger partial charge in [-0.3, -0.25) is 9.78 Å². The van der Waals surface area contributed by atoms with Gasteiger partial charge in [0, 0.05) is 24.7 Å². The predicted molar refractivity (Wildman–Crippen MR) is 65.4 cm³/mol. The van der Waals surface area contributed by atoms with Crippen LogP contribution in [-0.2, 0) is 4.79 Å². The van der Waals surface area contributed by atoms with Gasteiger partial charge >= 0.3 is 0 Å². The quantitative estimate of drug-likeness (QED) is 0.614. The monoisotopic (exact) mass is 240 g/mol. The van der Waals surface area contributed by atoms with Crippen LogP contribution in [0.2, 0.25) is 0 Å². The van der Waals surface area contributed by atoms with Crippen molar-refractivity contribution in [3.63, 3.8) is 0 Å². The summed E-state index contributed by atoms with van der Waals surface area (Å²) in [5.41, 5.74) is 1.02. The fourth-order valence-electron chi connectivity index (χ4n) is 1.41. The van der Waals surface area contributed by atoms with Gasteiger partial charge in [-0.1, -0.05) is 6.07 Å². The second-order valence-corrected chi connectivity index (χ2v) is 4.10. The molecule has 0 fully saturated rings. The van der Waals surface area contributed by atoms with E-state index in [4.69, 9.17) is 11.6 Å². The minimum atomic E-state index is 0.0113. The van der Waals surface area contributed by atoms with Gasteiger partial charge in [0.05, 0.1) is 6.04 Å². The summed E-state index contributed by atoms with van der Waals surface area (Å²) < 4.78 is 0. The molecule has 1 heterocycles. The Bertz CT molecular complexity index is 316. The fourth-order valence-corrected chi connectivity index (χ4v) is 1.60. The van der Waals surface area contributed by atoms with E-state index in [9.17, 15) is 4.79 Å². The zero-order valence-electron chi connectivity index (χ0n) is 9.45. The number of unbranched alkanes of at least 4 members (excludes halogenated alkanes) is 1. The van der Waals surface area contributed by atoms with Gasteiger partial charge in [-0.05, 0) is 31.4 Å². The predicted octanol–water partition coefficient (Wildman–Crippen LogP) is 2.67. The zero-order chi connectivity index (χ0) is 11.8. The third-order valence-electron chi connectivity index (χ3n) is 2.35. The number of aromatic nitrogens is 1. The van der Waals surface area contributed by atoms with Crippen LogP contribution in [0.25, 0.3) is 0 Å². The Morgan fingerprint density at radius 1 is 1.56 bits per heavy atom. The first-order chi connectivity index (χ1) is 7.74. The molecule has 1 rings (SSSR count). The molecule has 1 aromatic rings. The highest BCUT2D eigenvalue weighted by Gasteiger charge is 2.08. The van der Waals surface area contributed by atoms with Crippen molar-refractivity contribution in [2.75, 3.05) is 5.88 Å². The van der Waals surface area contributed by atoms with Gasteiger partial charge in [0.2, 0.25) is 5.91 Å². The first-order valence-electron chi connectivity index (χ1n) is 5.49. The van der Waals surface area contributed by atoms with E-state index in [0.29, 0.717) is 12.3 Å². The summed E-state index contributed by atoms with van der Waals surface area (Å²) in [7, 11) is 0. The first-order valence-corrected chi connectivity index (χ1v) is 6.02. The van der Waals surface area contributed by atoms with E-state index in [1.165, 1.54) is 0 Å². The summed E-state index contributed by atoms with van der Waals surface area (Å²) in [5, 5.41) is 2.93. The Labute approximate surface area is 101 Å². The molecule has 1 amide bonds. The van der Waals surface area contributed by atoms with E-state index >= 15 is 0 Å². The minimum absolute atomic E-state index is 0.0113. The highest BCUT2D eigenvalue weighted by molar-refractivity contribution is 6.17. The number of amides is 1. The van der Waals surface area contributed by atoms with Crippen LogP contribution in [0, 0.1) is 0 Å². The van der Waals surface area contributed by atoms with Crippen molar-refractivity contribution in [3.8, 4) is 0 Å². The van der Waals surface area contributed by atoms with Crippen LogP contribution >= 0.6 is 11.6 Å². The lowest BCUT2D eigenvalue weighted by atomic mass is 10.1. The van der Waals surface area contributed by atoms with Crippen LogP contribution in [0.4, 0.5) is 0 Å². The van der Waals surface area contributed by atoms with Gasteiger partial charge in [-0.15, -0.1) is 11.6 Å². The maximum absolute atomic E-state index is 11.5. The SMILES string of the molecule is C[C@@H](NC(=O)CCCCCl)c1cccnc1. The van der Waals surface area contributed by atoms with Crippen LogP contribution in [-0.4, -0.2) is 16.8 Å². The number of alkyl halides is 1. The molecule has 1 atom stereocenters. The summed E-state index contributed by atoms with van der Waals surface area (Å²) in [6, 6.07) is 3.83. The van der Waals surface area contributed by atoms with Crippen molar-refractivity contribution in [1.29, 1.82) is 0 Å². The molecule has 0 aliphatic carbocycles. The molecule has 88 valence electrons. The van der Waals surface area contributed by atoms with Gasteiger partial charge in [0.25, 0.3) is 0 Å². The molecule has 0 aromatic carbocycles. The van der Waals surface area contributed by atoms with Gasteiger partial charge < -0.3 is 5.32 Å². The van der Waals surface area contributed by atoms with Crippen LogP contribution in [0.1, 0.15) is 37.8 Å². The van der Waals surface area contributed by atoms with Gasteiger partial charge in [0.1, 0.15) is 0 Å². The second kappa shape index (κ2) is 7.23. The van der Waals surface area contributed by atoms with E-state index in [0.717, 1.165) is 18.4 Å². The van der Waals surface area contributed by atoms with Crippen molar-refractivity contribution < 1.29 is 4.79 Å². The van der Waals surface area contributed by atoms with E-state index in [1.807, 2.05) is 19.1 Å². The number of pyridine rings is 1. The molecular formula is C12H17ClN2O. The zero-order valence-corrected chi connectivity index (χ0v) is 10.2. The number of hydrogen-bond acceptors (Lipinski definition) is 2. The summed E-state index contributed by atoms with van der Waals surface area (Å²) in [6.07, 6.45) is 5.75. The Balaban J connectivity index is 2.34. The lowest BCUT2D eigenvalue weighted by Gasteiger charge is -2.13. The van der Waals surface area contributed by atoms with Crippen LogP contribution in [0.15, 0.2) is 24.5 Å². The number of carbonyl (C=O) groups is 1. The fraction of sp³-hybridized carbons (Fsp3) is 0.500. The maximum Gasteiger partial charge on any atom is 0.220 e. The lowest BCUT2D eigenvalue weighted by molar-refractivity contribution is -0.121. The van der Waals surface area contributed by atoms with Gasteiger partial charge in [-0.25, -0.2) is 0 Å². The van der Waals surface area contributed by atoms with E-state index in [-0.39, 0.29) is 11.9 Å². The number of hydrogen-bond donors (Lipinski definition) is 1. The summed E-state index contributed by atoms with van der Waals surface area (Å²) in [5.74, 6) is 0.687. The number of rotatable bonds is 6. The highest BCUT2D eigenvalue weighted by Crippen LogP contribution is 2.10. The molecule has 3 nitrogen and oxygen atoms in total. The number of nitrogens with zero attached hydrogens (tertiary/aromatic N) is 1. The Morgan fingerprint density at radius 2 is 2.38 bits per heavy atom. The number of carbonyl (C=O) groups excluding carboxylic acids is 1.